The van der Waals surface area contributed by atoms with E-state index in [0.717, 1.165) is 51.6 Å². The van der Waals surface area contributed by atoms with E-state index in [9.17, 15) is 0 Å². The van der Waals surface area contributed by atoms with Gasteiger partial charge in [-0.05, 0) is 66.1 Å². The molecule has 0 aliphatic heterocycles. The van der Waals surface area contributed by atoms with Crippen molar-refractivity contribution in [3.05, 3.63) is 63.1 Å². The second-order valence-electron chi connectivity index (χ2n) is 6.50. The van der Waals surface area contributed by atoms with Crippen LogP contribution in [0.5, 0.6) is 0 Å². The largest absolute Gasteiger partial charge is 0.362 e. The summed E-state index contributed by atoms with van der Waals surface area (Å²) in [5.74, 6) is 0. The lowest BCUT2D eigenvalue weighted by Crippen LogP contribution is -2.29. The first-order valence-electron chi connectivity index (χ1n) is 8.93. The van der Waals surface area contributed by atoms with E-state index in [-0.39, 0.29) is 0 Å². The molecule has 0 aliphatic carbocycles. The second-order valence-corrected chi connectivity index (χ2v) is 8.14. The molecule has 0 spiro atoms. The molecule has 0 radical (unpaired) electrons. The maximum atomic E-state index is 6.03. The lowest BCUT2D eigenvalue weighted by atomic mass is 10.2. The van der Waals surface area contributed by atoms with Crippen molar-refractivity contribution >= 4 is 50.5 Å². The predicted octanol–water partition coefficient (Wildman–Crippen LogP) is 4.54. The average molecular weight is 482 g/mol. The summed E-state index contributed by atoms with van der Waals surface area (Å²) in [6, 6.07) is 7.75. The van der Waals surface area contributed by atoms with Crippen LogP contribution in [0.2, 0.25) is 5.02 Å². The molecule has 6 nitrogen and oxygen atoms in total. The van der Waals surface area contributed by atoms with Crippen molar-refractivity contribution in [2.45, 2.75) is 33.4 Å². The Bertz CT molecular complexity index is 967. The number of nitrogens with zero attached hydrogens (tertiary/aromatic N) is 4. The van der Waals surface area contributed by atoms with Crippen LogP contribution in [-0.2, 0) is 13.1 Å². The molecule has 0 atom stereocenters. The Morgan fingerprint density at radius 1 is 1.32 bits per heavy atom. The molecular formula is C19H22BrClN6S. The molecule has 0 saturated carbocycles. The number of nitrogens with one attached hydrogen (secondary N) is 2. The number of hydrogen-bond acceptors (Lipinski definition) is 3. The van der Waals surface area contributed by atoms with Crippen LogP contribution in [0.25, 0.3) is 0 Å². The number of halogens is 2. The molecule has 3 aromatic rings. The van der Waals surface area contributed by atoms with Crippen LogP contribution >= 0.6 is 39.7 Å². The number of aryl methyl sites for hydroxylation is 2. The summed E-state index contributed by atoms with van der Waals surface area (Å²) in [4.78, 5) is 0. The molecule has 1 aromatic carbocycles. The zero-order valence-electron chi connectivity index (χ0n) is 15.7. The van der Waals surface area contributed by atoms with Gasteiger partial charge in [0.2, 0.25) is 0 Å². The standard InChI is InChI=1S/C19H22BrClN6S/c1-13-18(20)14(2)27(25-13)8-4-7-22-19(28)24-17-10-23-26(12-17)11-15-5-3-6-16(21)9-15/h3,5-6,9-10,12H,4,7-8,11H2,1-2H3,(H2,22,24,28). The van der Waals surface area contributed by atoms with Crippen LogP contribution in [0.1, 0.15) is 23.4 Å². The van der Waals surface area contributed by atoms with E-state index in [1.54, 1.807) is 6.20 Å². The lowest BCUT2D eigenvalue weighted by molar-refractivity contribution is 0.558. The average Bonchev–Trinajstić information content (AvgIpc) is 3.18. The Morgan fingerprint density at radius 2 is 2.14 bits per heavy atom. The number of hydrogen-bond donors (Lipinski definition) is 2. The van der Waals surface area contributed by atoms with Crippen LogP contribution in [0.3, 0.4) is 0 Å². The number of anilines is 1. The summed E-state index contributed by atoms with van der Waals surface area (Å²) in [6.07, 6.45) is 4.60. The first-order chi connectivity index (χ1) is 13.4. The molecule has 148 valence electrons. The monoisotopic (exact) mass is 480 g/mol. The van der Waals surface area contributed by atoms with Gasteiger partial charge in [0.05, 0.1) is 28.6 Å². The van der Waals surface area contributed by atoms with E-state index >= 15 is 0 Å². The molecule has 0 amide bonds. The van der Waals surface area contributed by atoms with Gasteiger partial charge in [-0.25, -0.2) is 0 Å². The van der Waals surface area contributed by atoms with Gasteiger partial charge in [0.1, 0.15) is 0 Å². The van der Waals surface area contributed by atoms with Gasteiger partial charge in [0, 0.05) is 30.0 Å². The van der Waals surface area contributed by atoms with Crippen LogP contribution in [0.4, 0.5) is 5.69 Å². The summed E-state index contributed by atoms with van der Waals surface area (Å²) in [7, 11) is 0. The Kier molecular flexibility index (Phi) is 7.09. The van der Waals surface area contributed by atoms with E-state index in [2.05, 4.69) is 43.7 Å². The molecule has 0 unspecified atom stereocenters. The number of rotatable bonds is 7. The fourth-order valence-electron chi connectivity index (χ4n) is 2.84. The minimum atomic E-state index is 0.580. The summed E-state index contributed by atoms with van der Waals surface area (Å²) < 4.78 is 4.93. The van der Waals surface area contributed by atoms with Crippen molar-refractivity contribution in [1.29, 1.82) is 0 Å². The normalized spacial score (nSPS) is 10.9. The van der Waals surface area contributed by atoms with Gasteiger partial charge in [0.15, 0.2) is 5.11 Å². The van der Waals surface area contributed by atoms with E-state index in [1.165, 1.54) is 0 Å². The molecule has 0 aliphatic rings. The van der Waals surface area contributed by atoms with Crippen LogP contribution in [0.15, 0.2) is 41.1 Å². The third-order valence-corrected chi connectivity index (χ3v) is 5.88. The van der Waals surface area contributed by atoms with E-state index in [1.807, 2.05) is 46.7 Å². The number of aromatic nitrogens is 4. The van der Waals surface area contributed by atoms with E-state index < -0.39 is 0 Å². The summed E-state index contributed by atoms with van der Waals surface area (Å²) in [6.45, 7) is 6.31. The fraction of sp³-hybridized carbons (Fsp3) is 0.316. The molecule has 0 saturated heterocycles. The molecule has 2 N–H and O–H groups in total. The highest BCUT2D eigenvalue weighted by molar-refractivity contribution is 9.10. The predicted molar refractivity (Wildman–Crippen MR) is 121 cm³/mol. The molecule has 2 aromatic heterocycles. The SMILES string of the molecule is Cc1nn(CCCNC(=S)Nc2cnn(Cc3cccc(Cl)c3)c2)c(C)c1Br. The van der Waals surface area contributed by atoms with E-state index in [4.69, 9.17) is 23.8 Å². The summed E-state index contributed by atoms with van der Waals surface area (Å²) in [5.41, 5.74) is 4.10. The summed E-state index contributed by atoms with van der Waals surface area (Å²) in [5, 5.41) is 16.6. The molecule has 0 bridgehead atoms. The molecule has 3 rings (SSSR count). The van der Waals surface area contributed by atoms with Gasteiger partial charge in [-0.15, -0.1) is 0 Å². The third-order valence-electron chi connectivity index (χ3n) is 4.25. The number of benzene rings is 1. The van der Waals surface area contributed by atoms with Gasteiger partial charge in [-0.3, -0.25) is 9.36 Å². The smallest absolute Gasteiger partial charge is 0.170 e. The molecule has 0 fully saturated rings. The van der Waals surface area contributed by atoms with Crippen LogP contribution in [0, 0.1) is 13.8 Å². The van der Waals surface area contributed by atoms with Crippen molar-refractivity contribution in [1.82, 2.24) is 24.9 Å². The van der Waals surface area contributed by atoms with E-state index in [0.29, 0.717) is 11.7 Å². The minimum Gasteiger partial charge on any atom is -0.362 e. The van der Waals surface area contributed by atoms with Gasteiger partial charge in [-0.2, -0.15) is 10.2 Å². The minimum absolute atomic E-state index is 0.580. The number of thiocarbonyl (C=S) groups is 1. The van der Waals surface area contributed by atoms with Gasteiger partial charge in [0.25, 0.3) is 0 Å². The molecule has 28 heavy (non-hydrogen) atoms. The van der Waals surface area contributed by atoms with Crippen molar-refractivity contribution in [2.75, 3.05) is 11.9 Å². The zero-order chi connectivity index (χ0) is 20.1. The highest BCUT2D eigenvalue weighted by atomic mass is 79.9. The van der Waals surface area contributed by atoms with Gasteiger partial charge in [-0.1, -0.05) is 23.7 Å². The maximum absolute atomic E-state index is 6.03. The Hall–Kier alpha value is -1.90. The summed E-state index contributed by atoms with van der Waals surface area (Å²) >= 11 is 14.9. The highest BCUT2D eigenvalue weighted by Gasteiger charge is 2.08. The highest BCUT2D eigenvalue weighted by Crippen LogP contribution is 2.19. The Morgan fingerprint density at radius 3 is 2.86 bits per heavy atom. The van der Waals surface area contributed by atoms with Crippen LogP contribution in [-0.4, -0.2) is 31.2 Å². The van der Waals surface area contributed by atoms with Crippen molar-refractivity contribution < 1.29 is 0 Å². The maximum Gasteiger partial charge on any atom is 0.170 e. The lowest BCUT2D eigenvalue weighted by Gasteiger charge is -2.09. The quantitative estimate of drug-likeness (QED) is 0.383. The van der Waals surface area contributed by atoms with Crippen molar-refractivity contribution in [2.24, 2.45) is 0 Å². The molecule has 2 heterocycles. The van der Waals surface area contributed by atoms with Crippen molar-refractivity contribution in [3.63, 3.8) is 0 Å². The Balaban J connectivity index is 1.42. The molecule has 9 heteroatoms. The zero-order valence-corrected chi connectivity index (χ0v) is 18.9. The van der Waals surface area contributed by atoms with Gasteiger partial charge >= 0.3 is 0 Å². The second kappa shape index (κ2) is 9.54. The topological polar surface area (TPSA) is 59.7 Å². The third kappa shape index (κ3) is 5.56. The van der Waals surface area contributed by atoms with Crippen LogP contribution < -0.4 is 10.6 Å². The fourth-order valence-corrected chi connectivity index (χ4v) is 3.55. The van der Waals surface area contributed by atoms with Gasteiger partial charge < -0.3 is 10.6 Å². The van der Waals surface area contributed by atoms with Crippen molar-refractivity contribution in [3.8, 4) is 0 Å². The first-order valence-corrected chi connectivity index (χ1v) is 10.5. The first kappa shape index (κ1) is 20.8. The molecular weight excluding hydrogens is 460 g/mol. The Labute approximate surface area is 183 Å².